The molecule has 6 amide bonds. The standard InChI is InChI=1S/C34H47BN6O17/c1-33(2)10-21(46)40(30(33)52)8-6-19(44)37-7-5-20(45)38-15-9-14(3-4-16(15)57-29-27(51)25(49)23(47)18(12-43)58-29)13-55-32(54)39-34(35)31(53)41(34)22-17(11-42)56-28(36)26(50)24(22)48/h3-4,9,17-18,22-29,42-43,47-51H,5-8,10-13,36H2,1-2H3,(H,37,44)(H,38,45)(H,39,54). The Kier molecular flexibility index (Phi) is 13.7. The Morgan fingerprint density at radius 3 is 2.24 bits per heavy atom. The molecule has 1 aromatic carbocycles. The van der Waals surface area contributed by atoms with Crippen LogP contribution in [0.15, 0.2) is 18.2 Å². The molecule has 4 fully saturated rings. The molecule has 4 saturated heterocycles. The number of benzene rings is 1. The van der Waals surface area contributed by atoms with Gasteiger partial charge in [0.2, 0.25) is 29.9 Å². The highest BCUT2D eigenvalue weighted by Crippen LogP contribution is 2.38. The van der Waals surface area contributed by atoms with Gasteiger partial charge in [0.15, 0.2) is 5.56 Å². The number of hydrogen-bond donors (Lipinski definition) is 11. The van der Waals surface area contributed by atoms with Crippen molar-refractivity contribution in [2.24, 2.45) is 11.1 Å². The van der Waals surface area contributed by atoms with Gasteiger partial charge in [0.05, 0.1) is 30.4 Å². The molecule has 0 bridgehead atoms. The summed E-state index contributed by atoms with van der Waals surface area (Å²) in [5.74, 6) is -3.05. The number of nitrogens with one attached hydrogen (secondary N) is 3. The molecule has 0 spiro atoms. The number of rotatable bonds is 15. The Bertz CT molecular complexity index is 1750. The molecule has 23 nitrogen and oxygen atoms in total. The van der Waals surface area contributed by atoms with E-state index in [1.54, 1.807) is 13.8 Å². The van der Waals surface area contributed by atoms with Crippen molar-refractivity contribution in [2.45, 2.75) is 107 Å². The van der Waals surface area contributed by atoms with Gasteiger partial charge in [-0.05, 0) is 17.7 Å². The minimum absolute atomic E-state index is 0.0297. The molecule has 2 radical (unpaired) electrons. The number of alkyl carbamates (subject to hydrolysis) is 1. The van der Waals surface area contributed by atoms with Gasteiger partial charge in [-0.1, -0.05) is 19.9 Å². The van der Waals surface area contributed by atoms with Crippen molar-refractivity contribution in [3.05, 3.63) is 23.8 Å². The van der Waals surface area contributed by atoms with Crippen molar-refractivity contribution in [3.8, 4) is 5.75 Å². The first kappa shape index (κ1) is 44.6. The van der Waals surface area contributed by atoms with E-state index in [0.29, 0.717) is 0 Å². The lowest BCUT2D eigenvalue weighted by molar-refractivity contribution is -0.277. The highest BCUT2D eigenvalue weighted by atomic mass is 16.7. The summed E-state index contributed by atoms with van der Waals surface area (Å²) in [6.07, 6.45) is -16.0. The smallest absolute Gasteiger partial charge is 0.409 e. The van der Waals surface area contributed by atoms with Crippen LogP contribution in [0.25, 0.3) is 0 Å². The number of carbonyl (C=O) groups is 6. The number of nitrogens with two attached hydrogens (primary N) is 1. The number of imide groups is 1. The number of amides is 6. The third-order valence-corrected chi connectivity index (χ3v) is 10.1. The summed E-state index contributed by atoms with van der Waals surface area (Å²) in [5, 5.41) is 78.1. The number of aliphatic hydroxyl groups is 7. The first-order chi connectivity index (χ1) is 27.2. The zero-order valence-corrected chi connectivity index (χ0v) is 31.4. The van der Waals surface area contributed by atoms with Gasteiger partial charge in [-0.15, -0.1) is 0 Å². The number of anilines is 1. The fourth-order valence-electron chi connectivity index (χ4n) is 6.77. The lowest BCUT2D eigenvalue weighted by Crippen LogP contribution is -2.65. The van der Waals surface area contributed by atoms with Crippen LogP contribution in [0.3, 0.4) is 0 Å². The zero-order chi connectivity index (χ0) is 42.9. The van der Waals surface area contributed by atoms with Crippen LogP contribution in [-0.2, 0) is 44.8 Å². The van der Waals surface area contributed by atoms with E-state index >= 15 is 0 Å². The molecule has 1 aromatic rings. The summed E-state index contributed by atoms with van der Waals surface area (Å²) in [6.45, 7) is 0.976. The molecule has 0 aliphatic carbocycles. The molecule has 0 aromatic heterocycles. The fraction of sp³-hybridized carbons (Fsp3) is 0.647. The van der Waals surface area contributed by atoms with Gasteiger partial charge in [-0.2, -0.15) is 0 Å². The first-order valence-corrected chi connectivity index (χ1v) is 18.2. The normalized spacial score (nSPS) is 33.1. The van der Waals surface area contributed by atoms with Gasteiger partial charge < -0.3 is 76.0 Å². The molecular formula is C34H47BN6O17. The summed E-state index contributed by atoms with van der Waals surface area (Å²) < 4.78 is 21.6. The maximum absolute atomic E-state index is 13.0. The number of aliphatic hydroxyl groups excluding tert-OH is 7. The van der Waals surface area contributed by atoms with Crippen LogP contribution in [0.2, 0.25) is 0 Å². The van der Waals surface area contributed by atoms with E-state index in [0.717, 1.165) is 9.80 Å². The van der Waals surface area contributed by atoms with Crippen molar-refractivity contribution >= 4 is 49.2 Å². The Labute approximate surface area is 331 Å². The highest BCUT2D eigenvalue weighted by molar-refractivity contribution is 6.37. The molecule has 24 heteroatoms. The van der Waals surface area contributed by atoms with Crippen LogP contribution >= 0.6 is 0 Å². The van der Waals surface area contributed by atoms with E-state index in [2.05, 4.69) is 16.0 Å². The molecule has 58 heavy (non-hydrogen) atoms. The summed E-state index contributed by atoms with van der Waals surface area (Å²) in [5.41, 5.74) is 2.63. The van der Waals surface area contributed by atoms with Crippen molar-refractivity contribution in [1.29, 1.82) is 0 Å². The van der Waals surface area contributed by atoms with Crippen LogP contribution in [0.4, 0.5) is 10.5 Å². The quantitative estimate of drug-likeness (QED) is 0.0446. The van der Waals surface area contributed by atoms with Crippen LogP contribution in [0.5, 0.6) is 5.75 Å². The third-order valence-electron chi connectivity index (χ3n) is 10.1. The molecule has 5 rings (SSSR count). The van der Waals surface area contributed by atoms with Crippen molar-refractivity contribution in [3.63, 3.8) is 0 Å². The maximum Gasteiger partial charge on any atom is 0.409 e. The van der Waals surface area contributed by atoms with Gasteiger partial charge in [0.25, 0.3) is 5.91 Å². The van der Waals surface area contributed by atoms with E-state index < -0.39 is 116 Å². The molecule has 318 valence electrons. The average Bonchev–Trinajstić information content (AvgIpc) is 3.61. The van der Waals surface area contributed by atoms with Crippen LogP contribution in [0.1, 0.15) is 38.7 Å². The Hall–Kier alpha value is -4.50. The summed E-state index contributed by atoms with van der Waals surface area (Å²) >= 11 is 0. The number of carbonyl (C=O) groups excluding carboxylic acids is 6. The van der Waals surface area contributed by atoms with E-state index in [9.17, 15) is 64.5 Å². The average molecular weight is 823 g/mol. The number of ether oxygens (including phenoxy) is 4. The van der Waals surface area contributed by atoms with Gasteiger partial charge in [0.1, 0.15) is 69.2 Å². The molecule has 12 N–H and O–H groups in total. The third kappa shape index (κ3) is 9.35. The number of likely N-dealkylation sites (tertiary alicyclic amines) is 1. The van der Waals surface area contributed by atoms with Crippen molar-refractivity contribution in [2.75, 3.05) is 31.6 Å². The lowest BCUT2D eigenvalue weighted by atomic mass is 9.92. The molecule has 4 aliphatic heterocycles. The first-order valence-electron chi connectivity index (χ1n) is 18.2. The van der Waals surface area contributed by atoms with Gasteiger partial charge in [-0.25, -0.2) is 4.79 Å². The summed E-state index contributed by atoms with van der Waals surface area (Å²) in [4.78, 5) is 77.4. The van der Waals surface area contributed by atoms with E-state index in [4.69, 9.17) is 32.5 Å². The predicted molar refractivity (Wildman–Crippen MR) is 191 cm³/mol. The maximum atomic E-state index is 13.0. The SMILES string of the molecule is [B]C1(NC(=O)OCc2ccc(OC3OC(CO)C(O)C(O)C3O)c(NC(=O)CCNC(=O)CCN3C(=O)CC(C)(C)C3=O)c2)C(=O)N1C1C(CO)OC(N)C(O)C1O. The fourth-order valence-corrected chi connectivity index (χ4v) is 6.77. The Balaban J connectivity index is 1.22. The molecule has 11 unspecified atom stereocenters. The lowest BCUT2D eigenvalue weighted by Gasteiger charge is -2.42. The minimum atomic E-state index is -2.22. The molecule has 4 heterocycles. The predicted octanol–water partition coefficient (Wildman–Crippen LogP) is -5.86. The second-order valence-electron chi connectivity index (χ2n) is 14.9. The largest absolute Gasteiger partial charge is 0.460 e. The molecule has 11 atom stereocenters. The molecular weight excluding hydrogens is 775 g/mol. The topological polar surface area (TPSA) is 349 Å². The second-order valence-corrected chi connectivity index (χ2v) is 14.9. The van der Waals surface area contributed by atoms with Gasteiger partial charge in [0, 0.05) is 32.4 Å². The molecule has 0 saturated carbocycles. The number of hydrogen-bond acceptors (Lipinski definition) is 18. The van der Waals surface area contributed by atoms with E-state index in [-0.39, 0.29) is 61.2 Å². The zero-order valence-electron chi connectivity index (χ0n) is 31.4. The Morgan fingerprint density at radius 1 is 0.914 bits per heavy atom. The highest BCUT2D eigenvalue weighted by Gasteiger charge is 2.66. The monoisotopic (exact) mass is 822 g/mol. The van der Waals surface area contributed by atoms with Crippen LogP contribution in [-0.4, -0.2) is 182 Å². The van der Waals surface area contributed by atoms with Gasteiger partial charge in [-0.3, -0.25) is 34.2 Å². The van der Waals surface area contributed by atoms with E-state index in [1.165, 1.54) is 18.2 Å². The number of nitrogens with zero attached hydrogens (tertiary/aromatic N) is 2. The minimum Gasteiger partial charge on any atom is -0.460 e. The van der Waals surface area contributed by atoms with Crippen LogP contribution < -0.4 is 26.4 Å². The van der Waals surface area contributed by atoms with E-state index in [1.807, 2.05) is 0 Å². The van der Waals surface area contributed by atoms with Gasteiger partial charge >= 0.3 is 6.09 Å². The summed E-state index contributed by atoms with van der Waals surface area (Å²) in [6, 6.07) is 2.52. The molecule has 4 aliphatic rings. The summed E-state index contributed by atoms with van der Waals surface area (Å²) in [7, 11) is 6.06. The Morgan fingerprint density at radius 2 is 1.60 bits per heavy atom. The second kappa shape index (κ2) is 17.8. The van der Waals surface area contributed by atoms with Crippen molar-refractivity contribution < 1.29 is 83.5 Å². The van der Waals surface area contributed by atoms with Crippen molar-refractivity contribution in [1.82, 2.24) is 20.4 Å². The van der Waals surface area contributed by atoms with Crippen LogP contribution in [0, 0.1) is 5.41 Å².